The quantitative estimate of drug-likeness (QED) is 0.799. The lowest BCUT2D eigenvalue weighted by Crippen LogP contribution is -2.42. The molecule has 8 nitrogen and oxygen atoms in total. The molecule has 0 spiro atoms. The lowest BCUT2D eigenvalue weighted by Gasteiger charge is -2.10. The summed E-state index contributed by atoms with van der Waals surface area (Å²) in [5, 5.41) is 2.69. The first-order valence-electron chi connectivity index (χ1n) is 6.73. The first-order valence-corrected chi connectivity index (χ1v) is 6.73. The third-order valence-electron chi connectivity index (χ3n) is 3.36. The molecule has 0 aliphatic rings. The summed E-state index contributed by atoms with van der Waals surface area (Å²) >= 11 is 0. The number of hydrogen-bond donors (Lipinski definition) is 1. The van der Waals surface area contributed by atoms with Gasteiger partial charge in [0.05, 0.1) is 6.33 Å². The summed E-state index contributed by atoms with van der Waals surface area (Å²) in [6.07, 6.45) is 1.50. The minimum absolute atomic E-state index is 0.110. The molecule has 2 heterocycles. The highest BCUT2D eigenvalue weighted by Crippen LogP contribution is 2.02. The first kappa shape index (κ1) is 15.0. The van der Waals surface area contributed by atoms with E-state index in [0.717, 1.165) is 4.57 Å². The zero-order valence-corrected chi connectivity index (χ0v) is 12.6. The number of rotatable bonds is 4. The number of carbonyl (C=O) groups excluding carboxylic acids is 1. The largest absolute Gasteiger partial charge is 0.354 e. The Hall–Kier alpha value is -2.38. The topological polar surface area (TPSA) is 90.9 Å². The number of aryl methyl sites for hydroxylation is 2. The number of fused-ring (bicyclic) bond motifs is 1. The maximum absolute atomic E-state index is 12.4. The van der Waals surface area contributed by atoms with Crippen LogP contribution in [0.15, 0.2) is 15.9 Å². The molecule has 2 rings (SSSR count). The second kappa shape index (κ2) is 5.55. The normalized spacial score (nSPS) is 11.3. The van der Waals surface area contributed by atoms with Gasteiger partial charge in [0.15, 0.2) is 11.2 Å². The van der Waals surface area contributed by atoms with E-state index >= 15 is 0 Å². The fourth-order valence-corrected chi connectivity index (χ4v) is 2.09. The van der Waals surface area contributed by atoms with Crippen LogP contribution in [0.4, 0.5) is 0 Å². The minimum atomic E-state index is -0.440. The van der Waals surface area contributed by atoms with E-state index in [1.807, 2.05) is 0 Å². The molecule has 0 atom stereocenters. The fraction of sp³-hybridized carbons (Fsp3) is 0.538. The van der Waals surface area contributed by atoms with Crippen LogP contribution in [0.5, 0.6) is 0 Å². The number of hydrogen-bond acceptors (Lipinski definition) is 4. The minimum Gasteiger partial charge on any atom is -0.354 e. The summed E-state index contributed by atoms with van der Waals surface area (Å²) in [5.41, 5.74) is -0.112. The monoisotopic (exact) mass is 293 g/mol. The van der Waals surface area contributed by atoms with E-state index in [4.69, 9.17) is 0 Å². The first-order chi connectivity index (χ1) is 9.84. The average molecular weight is 293 g/mol. The molecule has 0 aromatic carbocycles. The Morgan fingerprint density at radius 1 is 1.33 bits per heavy atom. The van der Waals surface area contributed by atoms with Crippen molar-refractivity contribution in [1.29, 1.82) is 0 Å². The Morgan fingerprint density at radius 2 is 2.00 bits per heavy atom. The van der Waals surface area contributed by atoms with Gasteiger partial charge in [-0.05, 0) is 0 Å². The molecule has 2 aromatic heterocycles. The van der Waals surface area contributed by atoms with Crippen LogP contribution in [0.1, 0.15) is 13.8 Å². The molecular weight excluding hydrogens is 274 g/mol. The summed E-state index contributed by atoms with van der Waals surface area (Å²) in [5.74, 6) is -0.245. The van der Waals surface area contributed by atoms with Crippen LogP contribution in [0.2, 0.25) is 0 Å². The molecule has 8 heteroatoms. The van der Waals surface area contributed by atoms with E-state index < -0.39 is 11.2 Å². The zero-order valence-electron chi connectivity index (χ0n) is 12.6. The molecule has 0 aliphatic carbocycles. The third kappa shape index (κ3) is 2.61. The van der Waals surface area contributed by atoms with E-state index in [9.17, 15) is 14.4 Å². The van der Waals surface area contributed by atoms with Crippen molar-refractivity contribution in [3.63, 3.8) is 0 Å². The number of nitrogens with zero attached hydrogens (tertiary/aromatic N) is 4. The molecule has 0 bridgehead atoms. The third-order valence-corrected chi connectivity index (χ3v) is 3.36. The van der Waals surface area contributed by atoms with Gasteiger partial charge in [0.25, 0.3) is 5.56 Å². The van der Waals surface area contributed by atoms with Gasteiger partial charge < -0.3 is 9.88 Å². The number of amides is 1. The number of aromatic nitrogens is 4. The van der Waals surface area contributed by atoms with E-state index in [-0.39, 0.29) is 24.9 Å². The molecule has 2 aromatic rings. The molecule has 1 N–H and O–H groups in total. The predicted molar refractivity (Wildman–Crippen MR) is 78.1 cm³/mol. The van der Waals surface area contributed by atoms with Crippen molar-refractivity contribution in [2.24, 2.45) is 20.0 Å². The van der Waals surface area contributed by atoms with E-state index in [0.29, 0.717) is 11.2 Å². The number of nitrogens with one attached hydrogen (secondary N) is 1. The molecule has 1 amide bonds. The molecule has 0 fully saturated rings. The second-order valence-corrected chi connectivity index (χ2v) is 5.27. The van der Waals surface area contributed by atoms with Gasteiger partial charge in [-0.25, -0.2) is 9.78 Å². The highest BCUT2D eigenvalue weighted by atomic mass is 16.2. The fourth-order valence-electron chi connectivity index (χ4n) is 2.09. The van der Waals surface area contributed by atoms with Crippen molar-refractivity contribution < 1.29 is 4.79 Å². The maximum Gasteiger partial charge on any atom is 0.332 e. The summed E-state index contributed by atoms with van der Waals surface area (Å²) in [6.45, 7) is 3.92. The number of imidazole rings is 1. The van der Waals surface area contributed by atoms with Crippen molar-refractivity contribution in [2.45, 2.75) is 20.4 Å². The lowest BCUT2D eigenvalue weighted by atomic mass is 10.2. The van der Waals surface area contributed by atoms with E-state index in [1.54, 1.807) is 32.5 Å². The zero-order chi connectivity index (χ0) is 15.7. The Morgan fingerprint density at radius 3 is 2.62 bits per heavy atom. The average Bonchev–Trinajstić information content (AvgIpc) is 2.82. The van der Waals surface area contributed by atoms with Crippen molar-refractivity contribution in [2.75, 3.05) is 6.54 Å². The predicted octanol–water partition coefficient (Wildman–Crippen LogP) is -0.794. The van der Waals surface area contributed by atoms with Gasteiger partial charge in [0, 0.05) is 33.1 Å². The van der Waals surface area contributed by atoms with Crippen LogP contribution in [0, 0.1) is 5.92 Å². The van der Waals surface area contributed by atoms with Crippen LogP contribution in [-0.4, -0.2) is 31.1 Å². The van der Waals surface area contributed by atoms with Crippen molar-refractivity contribution in [3.05, 3.63) is 27.2 Å². The smallest absolute Gasteiger partial charge is 0.332 e. The van der Waals surface area contributed by atoms with Gasteiger partial charge in [-0.1, -0.05) is 13.8 Å². The van der Waals surface area contributed by atoms with Gasteiger partial charge >= 0.3 is 5.69 Å². The molecular formula is C13H19N5O3. The van der Waals surface area contributed by atoms with E-state index in [1.165, 1.54) is 10.9 Å². The Bertz CT molecular complexity index is 796. The van der Waals surface area contributed by atoms with Crippen LogP contribution >= 0.6 is 0 Å². The van der Waals surface area contributed by atoms with Gasteiger partial charge in [-0.15, -0.1) is 0 Å². The SMILES string of the molecule is CC(C)C(=O)NCCn1c(=O)c2c(ncn2C)n(C)c1=O. The van der Waals surface area contributed by atoms with Crippen LogP contribution in [-0.2, 0) is 25.4 Å². The van der Waals surface area contributed by atoms with Crippen LogP contribution < -0.4 is 16.6 Å². The molecule has 0 saturated carbocycles. The van der Waals surface area contributed by atoms with Crippen LogP contribution in [0.25, 0.3) is 11.2 Å². The van der Waals surface area contributed by atoms with Crippen molar-refractivity contribution in [1.82, 2.24) is 24.0 Å². The van der Waals surface area contributed by atoms with Gasteiger partial charge in [-0.2, -0.15) is 0 Å². The van der Waals surface area contributed by atoms with Crippen molar-refractivity contribution in [3.8, 4) is 0 Å². The van der Waals surface area contributed by atoms with Crippen molar-refractivity contribution >= 4 is 17.1 Å². The highest BCUT2D eigenvalue weighted by molar-refractivity contribution is 5.77. The van der Waals surface area contributed by atoms with E-state index in [2.05, 4.69) is 10.3 Å². The molecule has 114 valence electrons. The summed E-state index contributed by atoms with van der Waals surface area (Å²) in [4.78, 5) is 40.1. The Kier molecular flexibility index (Phi) is 3.97. The maximum atomic E-state index is 12.4. The molecule has 0 unspecified atom stereocenters. The molecule has 0 saturated heterocycles. The standard InChI is InChI=1S/C13H19N5O3/c1-8(2)11(19)14-5-6-18-12(20)9-10(15-7-16(9)3)17(4)13(18)21/h7-8H,5-6H2,1-4H3,(H,14,19). The Balaban J connectivity index is 2.36. The molecule has 0 radical (unpaired) electrons. The Labute approximate surface area is 121 Å². The summed E-state index contributed by atoms with van der Waals surface area (Å²) in [7, 11) is 3.27. The highest BCUT2D eigenvalue weighted by Gasteiger charge is 2.15. The van der Waals surface area contributed by atoms with Gasteiger partial charge in [-0.3, -0.25) is 18.7 Å². The van der Waals surface area contributed by atoms with Gasteiger partial charge in [0.1, 0.15) is 0 Å². The lowest BCUT2D eigenvalue weighted by molar-refractivity contribution is -0.124. The molecule has 21 heavy (non-hydrogen) atoms. The summed E-state index contributed by atoms with van der Waals surface area (Å²) in [6, 6.07) is 0. The van der Waals surface area contributed by atoms with Crippen LogP contribution in [0.3, 0.4) is 0 Å². The van der Waals surface area contributed by atoms with Gasteiger partial charge in [0.2, 0.25) is 5.91 Å². The molecule has 0 aliphatic heterocycles. The second-order valence-electron chi connectivity index (χ2n) is 5.27. The number of carbonyl (C=O) groups is 1. The summed E-state index contributed by atoms with van der Waals surface area (Å²) < 4.78 is 4.03.